The number of nitrogens with one attached hydrogen (secondary N) is 3. The van der Waals surface area contributed by atoms with Crippen LogP contribution in [0.15, 0.2) is 64.0 Å². The van der Waals surface area contributed by atoms with Crippen LogP contribution in [0.5, 0.6) is 0 Å². The number of amides is 3. The van der Waals surface area contributed by atoms with Crippen molar-refractivity contribution in [1.29, 1.82) is 0 Å². The van der Waals surface area contributed by atoms with Gasteiger partial charge in [0, 0.05) is 33.5 Å². The lowest BCUT2D eigenvalue weighted by Crippen LogP contribution is -2.29. The van der Waals surface area contributed by atoms with E-state index < -0.39 is 18.0 Å². The first-order valence-corrected chi connectivity index (χ1v) is 11.4. The second-order valence-corrected chi connectivity index (χ2v) is 9.71. The lowest BCUT2D eigenvalue weighted by molar-refractivity contribution is -0.122. The molecule has 0 radical (unpaired) electrons. The Morgan fingerprint density at radius 3 is 2.18 bits per heavy atom. The predicted octanol–water partition coefficient (Wildman–Crippen LogP) is 5.02. The molecule has 3 amide bonds. The van der Waals surface area contributed by atoms with Gasteiger partial charge in [-0.15, -0.1) is 11.8 Å². The molecule has 0 saturated heterocycles. The largest absolute Gasteiger partial charge is 0.382 e. The number of rotatable bonds is 7. The van der Waals surface area contributed by atoms with Gasteiger partial charge in [0.05, 0.1) is 0 Å². The van der Waals surface area contributed by atoms with E-state index in [1.165, 1.54) is 11.8 Å². The monoisotopic (exact) mass is 468 g/mol. The minimum absolute atomic E-state index is 0.212. The van der Waals surface area contributed by atoms with Crippen molar-refractivity contribution >= 4 is 40.9 Å². The summed E-state index contributed by atoms with van der Waals surface area (Å²) >= 11 is 1.41. The molecule has 0 spiro atoms. The number of aromatic nitrogens is 1. The summed E-state index contributed by atoms with van der Waals surface area (Å²) in [6.45, 7) is 7.96. The molecule has 174 valence electrons. The first kappa shape index (κ1) is 24.3. The summed E-state index contributed by atoms with van der Waals surface area (Å²) in [5, 5.41) is 22.0. The van der Waals surface area contributed by atoms with Crippen molar-refractivity contribution in [3.05, 3.63) is 65.9 Å². The number of anilines is 3. The number of urea groups is 1. The zero-order valence-corrected chi connectivity index (χ0v) is 19.8. The maximum absolute atomic E-state index is 12.3. The minimum Gasteiger partial charge on any atom is -0.382 e. The van der Waals surface area contributed by atoms with Gasteiger partial charge < -0.3 is 20.3 Å². The van der Waals surface area contributed by atoms with Gasteiger partial charge in [0.25, 0.3) is 5.91 Å². The van der Waals surface area contributed by atoms with E-state index >= 15 is 0 Å². The van der Waals surface area contributed by atoms with E-state index in [0.29, 0.717) is 23.0 Å². The smallest absolute Gasteiger partial charge is 0.324 e. The summed E-state index contributed by atoms with van der Waals surface area (Å²) in [4.78, 5) is 25.4. The SMILES string of the molecule is Cc1ccc(SC[C@H](O)C(=O)Nc2ccc(NC(=O)Nc3cc(C(C)(C)C)on3)cc2)cc1. The Bertz CT molecular complexity index is 1090. The average molecular weight is 469 g/mol. The molecule has 3 aromatic rings. The molecule has 2 aromatic carbocycles. The van der Waals surface area contributed by atoms with Gasteiger partial charge in [0.1, 0.15) is 11.9 Å². The number of carbonyl (C=O) groups is 2. The van der Waals surface area contributed by atoms with Crippen molar-refractivity contribution in [3.8, 4) is 0 Å². The summed E-state index contributed by atoms with van der Waals surface area (Å²) in [6, 6.07) is 15.7. The summed E-state index contributed by atoms with van der Waals surface area (Å²) < 4.78 is 5.24. The molecule has 1 aromatic heterocycles. The molecule has 0 saturated carbocycles. The van der Waals surface area contributed by atoms with Crippen molar-refractivity contribution in [2.75, 3.05) is 21.7 Å². The fourth-order valence-electron chi connectivity index (χ4n) is 2.71. The van der Waals surface area contributed by atoms with Gasteiger partial charge in [0.2, 0.25) is 0 Å². The third-order valence-corrected chi connectivity index (χ3v) is 5.72. The second-order valence-electron chi connectivity index (χ2n) is 8.61. The molecular weight excluding hydrogens is 440 g/mol. The first-order valence-electron chi connectivity index (χ1n) is 10.4. The van der Waals surface area contributed by atoms with E-state index in [4.69, 9.17) is 4.52 Å². The number of thioether (sulfide) groups is 1. The van der Waals surface area contributed by atoms with Gasteiger partial charge in [0.15, 0.2) is 5.82 Å². The fourth-order valence-corrected chi connectivity index (χ4v) is 3.54. The quantitative estimate of drug-likeness (QED) is 0.362. The van der Waals surface area contributed by atoms with Gasteiger partial charge in [-0.2, -0.15) is 0 Å². The van der Waals surface area contributed by atoms with Gasteiger partial charge in [-0.25, -0.2) is 4.79 Å². The van der Waals surface area contributed by atoms with E-state index in [9.17, 15) is 14.7 Å². The van der Waals surface area contributed by atoms with Crippen molar-refractivity contribution in [1.82, 2.24) is 5.16 Å². The molecule has 0 fully saturated rings. The highest BCUT2D eigenvalue weighted by Crippen LogP contribution is 2.24. The number of aliphatic hydroxyl groups is 1. The van der Waals surface area contributed by atoms with Crippen LogP contribution in [-0.4, -0.2) is 34.1 Å². The van der Waals surface area contributed by atoms with Crippen LogP contribution in [0.4, 0.5) is 22.0 Å². The van der Waals surface area contributed by atoms with Crippen LogP contribution in [0.1, 0.15) is 32.1 Å². The standard InChI is InChI=1S/C24H28N4O4S/c1-15-5-11-18(12-6-15)33-14-19(29)22(30)25-16-7-9-17(10-8-16)26-23(31)27-21-13-20(32-28-21)24(2,3)4/h5-13,19,29H,14H2,1-4H3,(H,25,30)(H2,26,27,28,31)/t19-/m0/s1. The van der Waals surface area contributed by atoms with Crippen molar-refractivity contribution in [3.63, 3.8) is 0 Å². The molecule has 1 heterocycles. The number of nitrogens with zero attached hydrogens (tertiary/aromatic N) is 1. The average Bonchev–Trinajstić information content (AvgIpc) is 3.23. The maximum atomic E-state index is 12.3. The van der Waals surface area contributed by atoms with E-state index in [0.717, 1.165) is 10.5 Å². The first-order chi connectivity index (χ1) is 15.6. The Morgan fingerprint density at radius 2 is 1.61 bits per heavy atom. The molecule has 9 heteroatoms. The number of aryl methyl sites for hydroxylation is 1. The Hall–Kier alpha value is -3.30. The summed E-state index contributed by atoms with van der Waals surface area (Å²) in [5.74, 6) is 0.734. The zero-order chi connectivity index (χ0) is 24.0. The van der Waals surface area contributed by atoms with E-state index in [1.54, 1.807) is 30.3 Å². The summed E-state index contributed by atoms with van der Waals surface area (Å²) in [7, 11) is 0. The Kier molecular flexibility index (Phi) is 7.78. The maximum Gasteiger partial charge on any atom is 0.324 e. The molecule has 1 atom stereocenters. The van der Waals surface area contributed by atoms with Crippen LogP contribution >= 0.6 is 11.8 Å². The zero-order valence-electron chi connectivity index (χ0n) is 19.0. The Morgan fingerprint density at radius 1 is 1.00 bits per heavy atom. The number of aliphatic hydroxyl groups excluding tert-OH is 1. The van der Waals surface area contributed by atoms with Gasteiger partial charge in [-0.05, 0) is 43.3 Å². The second kappa shape index (κ2) is 10.5. The molecule has 0 aliphatic carbocycles. The van der Waals surface area contributed by atoms with Gasteiger partial charge in [-0.1, -0.05) is 43.6 Å². The van der Waals surface area contributed by atoms with Crippen molar-refractivity contribution in [2.24, 2.45) is 0 Å². The highest BCUT2D eigenvalue weighted by atomic mass is 32.2. The number of hydrogen-bond acceptors (Lipinski definition) is 6. The lowest BCUT2D eigenvalue weighted by atomic mass is 9.93. The third kappa shape index (κ3) is 7.37. The van der Waals surface area contributed by atoms with E-state index in [-0.39, 0.29) is 11.2 Å². The molecule has 8 nitrogen and oxygen atoms in total. The molecule has 4 N–H and O–H groups in total. The molecule has 3 rings (SSSR count). The normalized spacial score (nSPS) is 12.2. The molecule has 33 heavy (non-hydrogen) atoms. The molecule has 0 aliphatic heterocycles. The fraction of sp³-hybridized carbons (Fsp3) is 0.292. The van der Waals surface area contributed by atoms with Crippen LogP contribution in [0.2, 0.25) is 0 Å². The molecular formula is C24H28N4O4S. The highest BCUT2D eigenvalue weighted by molar-refractivity contribution is 7.99. The van der Waals surface area contributed by atoms with Crippen LogP contribution in [0.25, 0.3) is 0 Å². The van der Waals surface area contributed by atoms with E-state index in [2.05, 4.69) is 21.1 Å². The minimum atomic E-state index is -1.15. The van der Waals surface area contributed by atoms with Crippen LogP contribution in [-0.2, 0) is 10.2 Å². The predicted molar refractivity (Wildman–Crippen MR) is 131 cm³/mol. The third-order valence-electron chi connectivity index (χ3n) is 4.63. The summed E-state index contributed by atoms with van der Waals surface area (Å²) in [5.41, 5.74) is 1.98. The number of benzene rings is 2. The van der Waals surface area contributed by atoms with E-state index in [1.807, 2.05) is 52.0 Å². The molecule has 0 aliphatic rings. The van der Waals surface area contributed by atoms with Crippen LogP contribution in [0.3, 0.4) is 0 Å². The lowest BCUT2D eigenvalue weighted by Gasteiger charge is -2.12. The Balaban J connectivity index is 1.46. The highest BCUT2D eigenvalue weighted by Gasteiger charge is 2.20. The molecule has 0 unspecified atom stereocenters. The van der Waals surface area contributed by atoms with Crippen molar-refractivity contribution in [2.45, 2.75) is 44.1 Å². The molecule has 0 bridgehead atoms. The number of hydrogen-bond donors (Lipinski definition) is 4. The van der Waals surface area contributed by atoms with Gasteiger partial charge >= 0.3 is 6.03 Å². The van der Waals surface area contributed by atoms with Crippen LogP contribution in [0, 0.1) is 6.92 Å². The number of carbonyl (C=O) groups excluding carboxylic acids is 2. The Labute approximate surface area is 197 Å². The van der Waals surface area contributed by atoms with Crippen molar-refractivity contribution < 1.29 is 19.2 Å². The summed E-state index contributed by atoms with van der Waals surface area (Å²) in [6.07, 6.45) is -1.15. The van der Waals surface area contributed by atoms with Gasteiger partial charge in [-0.3, -0.25) is 10.1 Å². The van der Waals surface area contributed by atoms with Crippen LogP contribution < -0.4 is 16.0 Å². The topological polar surface area (TPSA) is 116 Å².